The molecule has 0 spiro atoms. The Balaban J connectivity index is 2.10. The average Bonchev–Trinajstić information content (AvgIpc) is 2.26. The Hall–Kier alpha value is -1.39. The predicted molar refractivity (Wildman–Crippen MR) is 60.6 cm³/mol. The molecule has 94 valence electrons. The number of rotatable bonds is 2. The largest absolute Gasteiger partial charge is 0.472 e. The first kappa shape index (κ1) is 12.1. The Labute approximate surface area is 99.0 Å². The highest BCUT2D eigenvalue weighted by atomic mass is 19.1. The molecule has 0 aliphatic heterocycles. The van der Waals surface area contributed by atoms with Crippen LogP contribution in [0.3, 0.4) is 0 Å². The van der Waals surface area contributed by atoms with E-state index in [-0.39, 0.29) is 17.8 Å². The van der Waals surface area contributed by atoms with Crippen molar-refractivity contribution in [1.82, 2.24) is 4.98 Å². The lowest BCUT2D eigenvalue weighted by molar-refractivity contribution is 0.118. The van der Waals surface area contributed by atoms with Crippen LogP contribution in [0.25, 0.3) is 0 Å². The van der Waals surface area contributed by atoms with Crippen molar-refractivity contribution in [2.75, 3.05) is 5.73 Å². The van der Waals surface area contributed by atoms with Crippen LogP contribution in [0.5, 0.6) is 5.88 Å². The fourth-order valence-electron chi connectivity index (χ4n) is 2.19. The Kier molecular flexibility index (Phi) is 3.45. The Bertz CT molecular complexity index is 412. The number of nitrogens with zero attached hydrogens (tertiary/aromatic N) is 1. The smallest absolute Gasteiger partial charge is 0.252 e. The van der Waals surface area contributed by atoms with E-state index in [1.54, 1.807) is 0 Å². The van der Waals surface area contributed by atoms with E-state index in [4.69, 9.17) is 10.5 Å². The minimum Gasteiger partial charge on any atom is -0.472 e. The first-order valence-corrected chi connectivity index (χ1v) is 5.84. The number of aromatic nitrogens is 1. The zero-order chi connectivity index (χ0) is 12.4. The van der Waals surface area contributed by atoms with E-state index < -0.39 is 11.6 Å². The summed E-state index contributed by atoms with van der Waals surface area (Å²) in [6, 6.07) is 0.712. The first-order chi connectivity index (χ1) is 8.06. The monoisotopic (exact) mass is 242 g/mol. The molecule has 2 N–H and O–H groups in total. The summed E-state index contributed by atoms with van der Waals surface area (Å²) in [5, 5.41) is 0. The van der Waals surface area contributed by atoms with Crippen LogP contribution in [0.4, 0.5) is 14.6 Å². The predicted octanol–water partition coefficient (Wildman–Crippen LogP) is 2.90. The van der Waals surface area contributed by atoms with E-state index >= 15 is 0 Å². The molecule has 0 aromatic carbocycles. The quantitative estimate of drug-likeness (QED) is 0.867. The molecular weight excluding hydrogens is 226 g/mol. The van der Waals surface area contributed by atoms with Crippen molar-refractivity contribution < 1.29 is 13.5 Å². The average molecular weight is 242 g/mol. The van der Waals surface area contributed by atoms with Crippen LogP contribution >= 0.6 is 0 Å². The maximum atomic E-state index is 13.4. The topological polar surface area (TPSA) is 48.1 Å². The molecule has 1 saturated carbocycles. The van der Waals surface area contributed by atoms with Crippen LogP contribution in [-0.4, -0.2) is 11.1 Å². The van der Waals surface area contributed by atoms with Gasteiger partial charge in [0, 0.05) is 6.07 Å². The molecule has 2 atom stereocenters. The number of nitrogens with two attached hydrogens (primary N) is 1. The van der Waals surface area contributed by atoms with Crippen molar-refractivity contribution in [2.24, 2.45) is 5.92 Å². The molecule has 0 amide bonds. The Morgan fingerprint density at radius 3 is 2.82 bits per heavy atom. The summed E-state index contributed by atoms with van der Waals surface area (Å²) in [5.41, 5.74) is 5.29. The number of hydrogen-bond donors (Lipinski definition) is 1. The Morgan fingerprint density at radius 1 is 1.35 bits per heavy atom. The van der Waals surface area contributed by atoms with Gasteiger partial charge in [-0.25, -0.2) is 8.78 Å². The van der Waals surface area contributed by atoms with Crippen LogP contribution in [0, 0.1) is 17.6 Å². The standard InChI is InChI=1S/C12H16F2N2O/c1-7-3-2-4-8(5-7)17-12-10(14)6-9(13)11(15)16-12/h6-8H,2-5H2,1H3,(H2,15,16). The van der Waals surface area contributed by atoms with Crippen LogP contribution in [0.1, 0.15) is 32.6 Å². The number of nitrogen functional groups attached to an aromatic ring is 1. The second-order valence-electron chi connectivity index (χ2n) is 4.65. The second-order valence-corrected chi connectivity index (χ2v) is 4.65. The molecule has 0 saturated heterocycles. The van der Waals surface area contributed by atoms with Crippen LogP contribution in [-0.2, 0) is 0 Å². The van der Waals surface area contributed by atoms with Gasteiger partial charge in [0.05, 0.1) is 0 Å². The lowest BCUT2D eigenvalue weighted by Gasteiger charge is -2.27. The van der Waals surface area contributed by atoms with Crippen molar-refractivity contribution in [2.45, 2.75) is 38.7 Å². The minimum atomic E-state index is -0.855. The summed E-state index contributed by atoms with van der Waals surface area (Å²) >= 11 is 0. The first-order valence-electron chi connectivity index (χ1n) is 5.84. The molecule has 1 aliphatic rings. The highest BCUT2D eigenvalue weighted by Gasteiger charge is 2.22. The summed E-state index contributed by atoms with van der Waals surface area (Å²) in [7, 11) is 0. The van der Waals surface area contributed by atoms with Crippen LogP contribution in [0.15, 0.2) is 6.07 Å². The molecule has 1 aliphatic carbocycles. The van der Waals surface area contributed by atoms with Gasteiger partial charge in [0.1, 0.15) is 6.10 Å². The van der Waals surface area contributed by atoms with E-state index in [2.05, 4.69) is 11.9 Å². The highest BCUT2D eigenvalue weighted by molar-refractivity contribution is 5.34. The van der Waals surface area contributed by atoms with Crippen molar-refractivity contribution >= 4 is 5.82 Å². The van der Waals surface area contributed by atoms with Gasteiger partial charge in [-0.1, -0.05) is 13.3 Å². The molecule has 17 heavy (non-hydrogen) atoms. The van der Waals surface area contributed by atoms with E-state index in [0.29, 0.717) is 12.0 Å². The number of anilines is 1. The van der Waals surface area contributed by atoms with Gasteiger partial charge in [-0.2, -0.15) is 4.98 Å². The fraction of sp³-hybridized carbons (Fsp3) is 0.583. The van der Waals surface area contributed by atoms with Gasteiger partial charge < -0.3 is 10.5 Å². The normalized spacial score (nSPS) is 24.6. The molecule has 3 nitrogen and oxygen atoms in total. The maximum absolute atomic E-state index is 13.4. The molecule has 1 fully saturated rings. The van der Waals surface area contributed by atoms with Gasteiger partial charge in [-0.05, 0) is 25.2 Å². The van der Waals surface area contributed by atoms with E-state index in [0.717, 1.165) is 19.3 Å². The number of hydrogen-bond acceptors (Lipinski definition) is 3. The van der Waals surface area contributed by atoms with Crippen molar-refractivity contribution in [1.29, 1.82) is 0 Å². The molecule has 5 heteroatoms. The molecule has 1 aromatic rings. The number of halogens is 2. The molecule has 1 heterocycles. The van der Waals surface area contributed by atoms with Gasteiger partial charge in [-0.15, -0.1) is 0 Å². The zero-order valence-electron chi connectivity index (χ0n) is 9.75. The summed E-state index contributed by atoms with van der Waals surface area (Å²) in [4.78, 5) is 3.60. The SMILES string of the molecule is CC1CCCC(Oc2nc(N)c(F)cc2F)C1. The lowest BCUT2D eigenvalue weighted by atomic mass is 9.89. The van der Waals surface area contributed by atoms with Crippen molar-refractivity contribution in [3.05, 3.63) is 17.7 Å². The molecule has 2 unspecified atom stereocenters. The van der Waals surface area contributed by atoms with Crippen molar-refractivity contribution in [3.63, 3.8) is 0 Å². The van der Waals surface area contributed by atoms with Crippen LogP contribution in [0.2, 0.25) is 0 Å². The van der Waals surface area contributed by atoms with E-state index in [1.807, 2.05) is 0 Å². The van der Waals surface area contributed by atoms with Crippen LogP contribution < -0.4 is 10.5 Å². The third-order valence-electron chi connectivity index (χ3n) is 3.09. The van der Waals surface area contributed by atoms with Gasteiger partial charge in [0.15, 0.2) is 17.5 Å². The van der Waals surface area contributed by atoms with Crippen molar-refractivity contribution in [3.8, 4) is 5.88 Å². The Morgan fingerprint density at radius 2 is 2.12 bits per heavy atom. The highest BCUT2D eigenvalue weighted by Crippen LogP contribution is 2.28. The van der Waals surface area contributed by atoms with E-state index in [9.17, 15) is 8.78 Å². The summed E-state index contributed by atoms with van der Waals surface area (Å²) in [6.07, 6.45) is 3.93. The molecule has 1 aromatic heterocycles. The van der Waals surface area contributed by atoms with Gasteiger partial charge in [0.25, 0.3) is 5.88 Å². The third-order valence-corrected chi connectivity index (χ3v) is 3.09. The zero-order valence-corrected chi connectivity index (χ0v) is 9.75. The molecule has 0 radical (unpaired) electrons. The summed E-state index contributed by atoms with van der Waals surface area (Å²) in [5.74, 6) is -1.61. The van der Waals surface area contributed by atoms with Gasteiger partial charge in [-0.3, -0.25) is 0 Å². The fourth-order valence-corrected chi connectivity index (χ4v) is 2.19. The summed E-state index contributed by atoms with van der Waals surface area (Å²) < 4.78 is 31.8. The molecule has 2 rings (SSSR count). The third kappa shape index (κ3) is 2.84. The molecule has 0 bridgehead atoms. The number of pyridine rings is 1. The lowest BCUT2D eigenvalue weighted by Crippen LogP contribution is -2.25. The summed E-state index contributed by atoms with van der Waals surface area (Å²) in [6.45, 7) is 2.14. The minimum absolute atomic E-state index is 0.0504. The second kappa shape index (κ2) is 4.85. The van der Waals surface area contributed by atoms with Gasteiger partial charge in [0.2, 0.25) is 0 Å². The molecular formula is C12H16F2N2O. The van der Waals surface area contributed by atoms with Gasteiger partial charge >= 0.3 is 0 Å². The maximum Gasteiger partial charge on any atom is 0.252 e. The van der Waals surface area contributed by atoms with E-state index in [1.165, 1.54) is 6.42 Å². The number of ether oxygens (including phenoxy) is 1.